The maximum absolute atomic E-state index is 5.69. The van der Waals surface area contributed by atoms with E-state index in [4.69, 9.17) is 9.47 Å². The Kier molecular flexibility index (Phi) is 6.18. The Balaban J connectivity index is 1.51. The van der Waals surface area contributed by atoms with Crippen LogP contribution in [0, 0.1) is 6.92 Å². The lowest BCUT2D eigenvalue weighted by atomic mass is 10.0. The Morgan fingerprint density at radius 3 is 2.84 bits per heavy atom. The van der Waals surface area contributed by atoms with Crippen molar-refractivity contribution in [2.45, 2.75) is 38.6 Å². The van der Waals surface area contributed by atoms with Crippen molar-refractivity contribution in [1.29, 1.82) is 0 Å². The van der Waals surface area contributed by atoms with Gasteiger partial charge in [-0.1, -0.05) is 24.6 Å². The van der Waals surface area contributed by atoms with Crippen molar-refractivity contribution in [2.24, 2.45) is 0 Å². The van der Waals surface area contributed by atoms with Gasteiger partial charge in [0.05, 0.1) is 6.61 Å². The highest BCUT2D eigenvalue weighted by molar-refractivity contribution is 5.31. The van der Waals surface area contributed by atoms with Crippen molar-refractivity contribution in [3.8, 4) is 5.75 Å². The molecule has 3 heteroatoms. The number of rotatable bonds is 7. The first-order valence-corrected chi connectivity index (χ1v) is 7.36. The number of benzene rings is 1. The lowest BCUT2D eigenvalue weighted by Gasteiger charge is -2.23. The van der Waals surface area contributed by atoms with E-state index in [9.17, 15) is 0 Å². The average Bonchev–Trinajstić information content (AvgIpc) is 2.45. The third-order valence-electron chi connectivity index (χ3n) is 3.60. The second-order valence-corrected chi connectivity index (χ2v) is 5.16. The van der Waals surface area contributed by atoms with Crippen molar-refractivity contribution >= 4 is 0 Å². The Morgan fingerprint density at radius 1 is 1.16 bits per heavy atom. The summed E-state index contributed by atoms with van der Waals surface area (Å²) in [5.41, 5.74) is 1.17. The van der Waals surface area contributed by atoms with Crippen LogP contribution in [0.3, 0.4) is 0 Å². The van der Waals surface area contributed by atoms with Crippen molar-refractivity contribution in [3.63, 3.8) is 0 Å². The molecule has 0 radical (unpaired) electrons. The van der Waals surface area contributed by atoms with Crippen LogP contribution in [0.1, 0.15) is 31.2 Å². The first-order valence-electron chi connectivity index (χ1n) is 7.36. The molecule has 3 nitrogen and oxygen atoms in total. The van der Waals surface area contributed by atoms with E-state index in [1.165, 1.54) is 31.4 Å². The first-order chi connectivity index (χ1) is 9.36. The summed E-state index contributed by atoms with van der Waals surface area (Å²) in [5.74, 6) is 0.958. The summed E-state index contributed by atoms with van der Waals surface area (Å²) >= 11 is 0. The minimum Gasteiger partial charge on any atom is -0.491 e. The van der Waals surface area contributed by atoms with E-state index in [0.717, 1.165) is 18.8 Å². The predicted octanol–water partition coefficient (Wildman–Crippen LogP) is 2.92. The maximum atomic E-state index is 5.69. The van der Waals surface area contributed by atoms with E-state index in [2.05, 4.69) is 18.3 Å². The number of aryl methyl sites for hydroxylation is 1. The normalized spacial score (nSPS) is 19.3. The van der Waals surface area contributed by atoms with Crippen LogP contribution >= 0.6 is 0 Å². The minimum atomic E-state index is 0.628. The monoisotopic (exact) mass is 263 g/mol. The van der Waals surface area contributed by atoms with Crippen LogP contribution in [-0.2, 0) is 4.74 Å². The molecule has 106 valence electrons. The van der Waals surface area contributed by atoms with E-state index < -0.39 is 0 Å². The van der Waals surface area contributed by atoms with Crippen LogP contribution in [0.5, 0.6) is 5.75 Å². The molecule has 1 aromatic carbocycles. The number of hydrogen-bond donors (Lipinski definition) is 1. The van der Waals surface area contributed by atoms with Crippen LogP contribution in [-0.4, -0.2) is 32.4 Å². The molecule has 0 amide bonds. The Bertz CT molecular complexity index is 362. The Hall–Kier alpha value is -1.06. The number of ether oxygens (including phenoxy) is 2. The largest absolute Gasteiger partial charge is 0.491 e. The number of piperidine rings is 1. The summed E-state index contributed by atoms with van der Waals surface area (Å²) in [7, 11) is 0. The maximum Gasteiger partial charge on any atom is 0.122 e. The third kappa shape index (κ3) is 5.21. The van der Waals surface area contributed by atoms with E-state index in [1.54, 1.807) is 0 Å². The van der Waals surface area contributed by atoms with E-state index in [0.29, 0.717) is 19.3 Å². The summed E-state index contributed by atoms with van der Waals surface area (Å²) in [6.07, 6.45) is 5.09. The van der Waals surface area contributed by atoms with E-state index in [-0.39, 0.29) is 0 Å². The van der Waals surface area contributed by atoms with Crippen molar-refractivity contribution < 1.29 is 9.47 Å². The van der Waals surface area contributed by atoms with Crippen LogP contribution < -0.4 is 10.1 Å². The molecule has 1 fully saturated rings. The molecule has 1 heterocycles. The molecular formula is C16H25NO2. The fourth-order valence-electron chi connectivity index (χ4n) is 2.43. The van der Waals surface area contributed by atoms with Gasteiger partial charge in [0.25, 0.3) is 0 Å². The van der Waals surface area contributed by atoms with Gasteiger partial charge >= 0.3 is 0 Å². The quantitative estimate of drug-likeness (QED) is 0.767. The van der Waals surface area contributed by atoms with Crippen LogP contribution in [0.25, 0.3) is 0 Å². The molecule has 0 aromatic heterocycles. The van der Waals surface area contributed by atoms with Crippen molar-refractivity contribution in [2.75, 3.05) is 26.4 Å². The molecule has 1 saturated heterocycles. The molecule has 1 N–H and O–H groups in total. The minimum absolute atomic E-state index is 0.628. The Labute approximate surface area is 116 Å². The zero-order valence-corrected chi connectivity index (χ0v) is 11.9. The topological polar surface area (TPSA) is 30.5 Å². The molecule has 0 saturated carbocycles. The molecule has 19 heavy (non-hydrogen) atoms. The van der Waals surface area contributed by atoms with Gasteiger partial charge in [-0.3, -0.25) is 0 Å². The van der Waals surface area contributed by atoms with Gasteiger partial charge in [0.15, 0.2) is 0 Å². The highest BCUT2D eigenvalue weighted by atomic mass is 16.5. The second-order valence-electron chi connectivity index (χ2n) is 5.16. The highest BCUT2D eigenvalue weighted by Gasteiger charge is 2.11. The standard InChI is InChI=1S/C16H25NO2/c1-14-6-2-3-8-16(14)19-13-12-18-11-9-15-7-4-5-10-17-15/h2-3,6,8,15,17H,4-5,7,9-13H2,1H3. The Morgan fingerprint density at radius 2 is 2.05 bits per heavy atom. The third-order valence-corrected chi connectivity index (χ3v) is 3.60. The molecule has 1 atom stereocenters. The summed E-state index contributed by atoms with van der Waals surface area (Å²) < 4.78 is 11.3. The molecule has 2 rings (SSSR count). The van der Waals surface area contributed by atoms with Gasteiger partial charge in [0.1, 0.15) is 12.4 Å². The van der Waals surface area contributed by atoms with Crippen LogP contribution in [0.2, 0.25) is 0 Å². The summed E-state index contributed by atoms with van der Waals surface area (Å²) in [6, 6.07) is 8.74. The van der Waals surface area contributed by atoms with Gasteiger partial charge < -0.3 is 14.8 Å². The summed E-state index contributed by atoms with van der Waals surface area (Å²) in [4.78, 5) is 0. The molecule has 0 bridgehead atoms. The van der Waals surface area contributed by atoms with Gasteiger partial charge in [-0.15, -0.1) is 0 Å². The first kappa shape index (κ1) is 14.4. The van der Waals surface area contributed by atoms with Gasteiger partial charge in [0, 0.05) is 12.6 Å². The average molecular weight is 263 g/mol. The van der Waals surface area contributed by atoms with Gasteiger partial charge in [-0.05, 0) is 44.4 Å². The molecule has 0 aliphatic carbocycles. The molecule has 1 aromatic rings. The van der Waals surface area contributed by atoms with E-state index in [1.807, 2.05) is 18.2 Å². The summed E-state index contributed by atoms with van der Waals surface area (Å²) in [6.45, 7) is 5.35. The number of hydrogen-bond acceptors (Lipinski definition) is 3. The van der Waals surface area contributed by atoms with Crippen LogP contribution in [0.15, 0.2) is 24.3 Å². The van der Waals surface area contributed by atoms with Gasteiger partial charge in [0.2, 0.25) is 0 Å². The molecule has 1 aliphatic rings. The lowest BCUT2D eigenvalue weighted by Crippen LogP contribution is -2.34. The second kappa shape index (κ2) is 8.18. The van der Waals surface area contributed by atoms with Gasteiger partial charge in [-0.25, -0.2) is 0 Å². The SMILES string of the molecule is Cc1ccccc1OCCOCCC1CCCCN1. The molecule has 0 spiro atoms. The fraction of sp³-hybridized carbons (Fsp3) is 0.625. The summed E-state index contributed by atoms with van der Waals surface area (Å²) in [5, 5.41) is 3.53. The smallest absolute Gasteiger partial charge is 0.122 e. The van der Waals surface area contributed by atoms with Crippen molar-refractivity contribution in [1.82, 2.24) is 5.32 Å². The zero-order valence-electron chi connectivity index (χ0n) is 11.9. The van der Waals surface area contributed by atoms with Crippen LogP contribution in [0.4, 0.5) is 0 Å². The van der Waals surface area contributed by atoms with Crippen molar-refractivity contribution in [3.05, 3.63) is 29.8 Å². The zero-order chi connectivity index (χ0) is 13.3. The van der Waals surface area contributed by atoms with E-state index >= 15 is 0 Å². The fourth-order valence-corrected chi connectivity index (χ4v) is 2.43. The number of nitrogens with one attached hydrogen (secondary N) is 1. The molecule has 1 unspecified atom stereocenters. The highest BCUT2D eigenvalue weighted by Crippen LogP contribution is 2.15. The number of para-hydroxylation sites is 1. The predicted molar refractivity (Wildman–Crippen MR) is 77.8 cm³/mol. The van der Waals surface area contributed by atoms with Gasteiger partial charge in [-0.2, -0.15) is 0 Å². The molecule has 1 aliphatic heterocycles. The lowest BCUT2D eigenvalue weighted by molar-refractivity contribution is 0.0909. The molecular weight excluding hydrogens is 238 g/mol.